The Hall–Kier alpha value is -0.580. The predicted octanol–water partition coefficient (Wildman–Crippen LogP) is 1.89. The summed E-state index contributed by atoms with van der Waals surface area (Å²) in [5.41, 5.74) is 0. The molecule has 0 radical (unpaired) electrons. The van der Waals surface area contributed by atoms with Crippen LogP contribution < -0.4 is 4.74 Å². The molecular weight excluding hydrogens is 270 g/mol. The molecule has 1 fully saturated rings. The van der Waals surface area contributed by atoms with Gasteiger partial charge in [-0.1, -0.05) is 15.9 Å². The van der Waals surface area contributed by atoms with E-state index in [1.54, 1.807) is 0 Å². The molecule has 0 spiro atoms. The van der Waals surface area contributed by atoms with Crippen LogP contribution in [-0.4, -0.2) is 42.4 Å². The molecule has 16 heavy (non-hydrogen) atoms. The third kappa shape index (κ3) is 3.47. The minimum Gasteiger partial charge on any atom is -0.492 e. The molecule has 1 atom stereocenters. The minimum absolute atomic E-state index is 0.146. The maximum absolute atomic E-state index is 9.36. The second-order valence-corrected chi connectivity index (χ2v) is 4.96. The number of halogens is 1. The second kappa shape index (κ2) is 5.66. The number of rotatable bonds is 4. The summed E-state index contributed by atoms with van der Waals surface area (Å²) in [4.78, 5) is 2.23. The summed E-state index contributed by atoms with van der Waals surface area (Å²) in [6, 6.07) is 7.83. The molecule has 0 amide bonds. The van der Waals surface area contributed by atoms with E-state index in [4.69, 9.17) is 4.74 Å². The zero-order valence-corrected chi connectivity index (χ0v) is 10.7. The normalized spacial score (nSPS) is 21.2. The highest BCUT2D eigenvalue weighted by atomic mass is 79.9. The van der Waals surface area contributed by atoms with E-state index in [9.17, 15) is 5.11 Å². The Morgan fingerprint density at radius 2 is 2.12 bits per heavy atom. The molecule has 1 N–H and O–H groups in total. The van der Waals surface area contributed by atoms with E-state index in [0.717, 1.165) is 36.3 Å². The molecule has 0 bridgehead atoms. The van der Waals surface area contributed by atoms with Crippen LogP contribution in [0.25, 0.3) is 0 Å². The molecule has 0 aromatic heterocycles. The third-order valence-electron chi connectivity index (χ3n) is 2.74. The van der Waals surface area contributed by atoms with Crippen LogP contribution in [0, 0.1) is 0 Å². The van der Waals surface area contributed by atoms with Crippen molar-refractivity contribution in [3.63, 3.8) is 0 Å². The Labute approximate surface area is 104 Å². The van der Waals surface area contributed by atoms with Crippen LogP contribution in [-0.2, 0) is 0 Å². The number of β-amino-alcohol motifs (C(OH)–C–C–N with tert-alkyl or cyclic N) is 1. The van der Waals surface area contributed by atoms with Crippen molar-refractivity contribution < 1.29 is 9.84 Å². The highest BCUT2D eigenvalue weighted by Gasteiger charge is 2.19. The molecule has 1 aromatic rings. The molecule has 0 saturated carbocycles. The summed E-state index contributed by atoms with van der Waals surface area (Å²) in [5.74, 6) is 0.892. The van der Waals surface area contributed by atoms with Gasteiger partial charge in [0.2, 0.25) is 0 Å². The first-order chi connectivity index (χ1) is 7.74. The molecule has 4 heteroatoms. The van der Waals surface area contributed by atoms with Crippen LogP contribution in [0.1, 0.15) is 6.42 Å². The average molecular weight is 286 g/mol. The first-order valence-corrected chi connectivity index (χ1v) is 6.32. The fourth-order valence-corrected chi connectivity index (χ4v) is 2.10. The van der Waals surface area contributed by atoms with Crippen LogP contribution in [0.2, 0.25) is 0 Å². The van der Waals surface area contributed by atoms with Crippen molar-refractivity contribution in [2.45, 2.75) is 12.5 Å². The number of likely N-dealkylation sites (tertiary alicyclic amines) is 1. The lowest BCUT2D eigenvalue weighted by Gasteiger charge is -2.15. The van der Waals surface area contributed by atoms with E-state index >= 15 is 0 Å². The van der Waals surface area contributed by atoms with Crippen molar-refractivity contribution >= 4 is 15.9 Å². The van der Waals surface area contributed by atoms with E-state index in [0.29, 0.717) is 6.61 Å². The van der Waals surface area contributed by atoms with Crippen LogP contribution in [0.5, 0.6) is 5.75 Å². The summed E-state index contributed by atoms with van der Waals surface area (Å²) in [6.45, 7) is 3.32. The minimum atomic E-state index is -0.146. The lowest BCUT2D eigenvalue weighted by atomic mass is 10.3. The molecule has 1 heterocycles. The standard InChI is InChI=1S/C12H16BrNO2/c13-10-1-3-12(4-2-10)16-8-7-14-6-5-11(15)9-14/h1-4,11,15H,5-9H2/t11-/m0/s1. The van der Waals surface area contributed by atoms with Gasteiger partial charge in [0.05, 0.1) is 6.10 Å². The van der Waals surface area contributed by atoms with Gasteiger partial charge in [-0.25, -0.2) is 0 Å². The average Bonchev–Trinajstić information content (AvgIpc) is 2.67. The molecule has 1 saturated heterocycles. The van der Waals surface area contributed by atoms with Crippen LogP contribution >= 0.6 is 15.9 Å². The first kappa shape index (κ1) is 11.9. The summed E-state index contributed by atoms with van der Waals surface area (Å²) in [7, 11) is 0. The highest BCUT2D eigenvalue weighted by molar-refractivity contribution is 9.10. The van der Waals surface area contributed by atoms with E-state index in [1.165, 1.54) is 0 Å². The summed E-state index contributed by atoms with van der Waals surface area (Å²) >= 11 is 3.38. The van der Waals surface area contributed by atoms with Gasteiger partial charge >= 0.3 is 0 Å². The number of ether oxygens (including phenoxy) is 1. The highest BCUT2D eigenvalue weighted by Crippen LogP contribution is 2.16. The van der Waals surface area contributed by atoms with Gasteiger partial charge in [0.15, 0.2) is 0 Å². The topological polar surface area (TPSA) is 32.7 Å². The number of aliphatic hydroxyl groups is 1. The van der Waals surface area contributed by atoms with Gasteiger partial charge in [0.1, 0.15) is 12.4 Å². The number of nitrogens with zero attached hydrogens (tertiary/aromatic N) is 1. The Balaban J connectivity index is 1.70. The number of hydrogen-bond donors (Lipinski definition) is 1. The third-order valence-corrected chi connectivity index (χ3v) is 3.27. The largest absolute Gasteiger partial charge is 0.492 e. The van der Waals surface area contributed by atoms with Gasteiger partial charge in [0, 0.05) is 24.1 Å². The van der Waals surface area contributed by atoms with Crippen molar-refractivity contribution in [2.24, 2.45) is 0 Å². The molecular formula is C12H16BrNO2. The SMILES string of the molecule is O[C@H]1CCN(CCOc2ccc(Br)cc2)C1. The zero-order valence-electron chi connectivity index (χ0n) is 9.10. The number of hydrogen-bond acceptors (Lipinski definition) is 3. The van der Waals surface area contributed by atoms with E-state index in [-0.39, 0.29) is 6.10 Å². The molecule has 3 nitrogen and oxygen atoms in total. The van der Waals surface area contributed by atoms with Gasteiger partial charge in [-0.05, 0) is 30.7 Å². The van der Waals surface area contributed by atoms with Crippen LogP contribution in [0.15, 0.2) is 28.7 Å². The van der Waals surface area contributed by atoms with Gasteiger partial charge in [0.25, 0.3) is 0 Å². The monoisotopic (exact) mass is 285 g/mol. The molecule has 1 aromatic carbocycles. The van der Waals surface area contributed by atoms with Crippen molar-refractivity contribution in [3.05, 3.63) is 28.7 Å². The smallest absolute Gasteiger partial charge is 0.119 e. The fraction of sp³-hybridized carbons (Fsp3) is 0.500. The van der Waals surface area contributed by atoms with Gasteiger partial charge in [-0.15, -0.1) is 0 Å². The maximum atomic E-state index is 9.36. The molecule has 2 rings (SSSR count). The fourth-order valence-electron chi connectivity index (χ4n) is 1.84. The molecule has 0 aliphatic carbocycles. The predicted molar refractivity (Wildman–Crippen MR) is 66.7 cm³/mol. The molecule has 1 aliphatic heterocycles. The van der Waals surface area contributed by atoms with Gasteiger partial charge in [-0.3, -0.25) is 4.90 Å². The zero-order chi connectivity index (χ0) is 11.4. The van der Waals surface area contributed by atoms with E-state index < -0.39 is 0 Å². The summed E-state index contributed by atoms with van der Waals surface area (Å²) in [5, 5.41) is 9.36. The van der Waals surface area contributed by atoms with Crippen LogP contribution in [0.3, 0.4) is 0 Å². The van der Waals surface area contributed by atoms with E-state index in [1.807, 2.05) is 24.3 Å². The Kier molecular flexibility index (Phi) is 4.21. The Bertz CT molecular complexity index is 328. The van der Waals surface area contributed by atoms with Crippen LogP contribution in [0.4, 0.5) is 0 Å². The lowest BCUT2D eigenvalue weighted by Crippen LogP contribution is -2.27. The Morgan fingerprint density at radius 1 is 1.38 bits per heavy atom. The van der Waals surface area contributed by atoms with E-state index in [2.05, 4.69) is 20.8 Å². The van der Waals surface area contributed by atoms with Gasteiger partial charge in [-0.2, -0.15) is 0 Å². The first-order valence-electron chi connectivity index (χ1n) is 5.53. The van der Waals surface area contributed by atoms with Crippen molar-refractivity contribution in [3.8, 4) is 5.75 Å². The van der Waals surface area contributed by atoms with Gasteiger partial charge < -0.3 is 9.84 Å². The van der Waals surface area contributed by atoms with Crippen molar-refractivity contribution in [2.75, 3.05) is 26.2 Å². The summed E-state index contributed by atoms with van der Waals surface area (Å²) in [6.07, 6.45) is 0.742. The summed E-state index contributed by atoms with van der Waals surface area (Å²) < 4.78 is 6.67. The Morgan fingerprint density at radius 3 is 2.75 bits per heavy atom. The number of aliphatic hydroxyl groups excluding tert-OH is 1. The second-order valence-electron chi connectivity index (χ2n) is 4.05. The molecule has 88 valence electrons. The number of benzene rings is 1. The molecule has 1 aliphatic rings. The van der Waals surface area contributed by atoms with Crippen molar-refractivity contribution in [1.29, 1.82) is 0 Å². The molecule has 0 unspecified atom stereocenters. The lowest BCUT2D eigenvalue weighted by molar-refractivity contribution is 0.167. The quantitative estimate of drug-likeness (QED) is 0.917. The van der Waals surface area contributed by atoms with Crippen molar-refractivity contribution in [1.82, 2.24) is 4.90 Å². The maximum Gasteiger partial charge on any atom is 0.119 e.